The molecule has 0 radical (unpaired) electrons. The maximum atomic E-state index is 5.99. The number of hydrogen-bond acceptors (Lipinski definition) is 3. The summed E-state index contributed by atoms with van der Waals surface area (Å²) in [4.78, 5) is 6.98. The van der Waals surface area contributed by atoms with Crippen molar-refractivity contribution < 1.29 is 4.74 Å². The van der Waals surface area contributed by atoms with Crippen LogP contribution in [-0.4, -0.2) is 55.7 Å². The minimum absolute atomic E-state index is 0.0220. The highest BCUT2D eigenvalue weighted by Crippen LogP contribution is 2.29. The molecule has 1 aliphatic carbocycles. The molecule has 25 heavy (non-hydrogen) atoms. The summed E-state index contributed by atoms with van der Waals surface area (Å²) in [7, 11) is 1.82. The second-order valence-corrected chi connectivity index (χ2v) is 7.46. The minimum Gasteiger partial charge on any atom is -0.489 e. The van der Waals surface area contributed by atoms with Crippen LogP contribution in [0.3, 0.4) is 0 Å². The van der Waals surface area contributed by atoms with Crippen molar-refractivity contribution >= 4 is 17.6 Å². The lowest BCUT2D eigenvalue weighted by Gasteiger charge is -2.33. The highest BCUT2D eigenvalue weighted by Gasteiger charge is 2.31. The van der Waals surface area contributed by atoms with Crippen molar-refractivity contribution in [3.8, 4) is 5.75 Å². The number of aliphatic imine (C=N–C) groups is 1. The molecule has 1 saturated carbocycles. The Kier molecular flexibility index (Phi) is 6.43. The third-order valence-corrected chi connectivity index (χ3v) is 5.08. The van der Waals surface area contributed by atoms with Gasteiger partial charge in [-0.05, 0) is 50.8 Å². The van der Waals surface area contributed by atoms with E-state index in [1.165, 1.54) is 38.8 Å². The van der Waals surface area contributed by atoms with Crippen molar-refractivity contribution in [2.75, 3.05) is 26.7 Å². The average molecular weight is 365 g/mol. The summed E-state index contributed by atoms with van der Waals surface area (Å²) in [6, 6.07) is 8.87. The summed E-state index contributed by atoms with van der Waals surface area (Å²) in [6.07, 6.45) is 5.18. The van der Waals surface area contributed by atoms with Gasteiger partial charge in [0.25, 0.3) is 0 Å². The van der Waals surface area contributed by atoms with Crippen LogP contribution in [0.4, 0.5) is 0 Å². The molecule has 1 saturated heterocycles. The fraction of sp³-hybridized carbons (Fsp3) is 0.632. The SMILES string of the molecule is CN=C(NCC(C)Oc1cccc(Cl)c1)NC1CCN(C2CC2)CC1. The standard InChI is InChI=1S/C19H29ClN4O/c1-14(25-18-5-3-4-15(20)12-18)13-22-19(21-2)23-16-8-10-24(11-9-16)17-6-7-17/h3-5,12,14,16-17H,6-11,13H2,1-2H3,(H2,21,22,23). The van der Waals surface area contributed by atoms with Gasteiger partial charge in [-0.2, -0.15) is 0 Å². The van der Waals surface area contributed by atoms with Crippen LogP contribution in [-0.2, 0) is 0 Å². The molecule has 1 aliphatic heterocycles. The van der Waals surface area contributed by atoms with Gasteiger partial charge < -0.3 is 20.3 Å². The van der Waals surface area contributed by atoms with Crippen LogP contribution >= 0.6 is 11.6 Å². The second-order valence-electron chi connectivity index (χ2n) is 7.02. The predicted octanol–water partition coefficient (Wildman–Crippen LogP) is 2.90. The number of nitrogens with one attached hydrogen (secondary N) is 2. The quantitative estimate of drug-likeness (QED) is 0.602. The van der Waals surface area contributed by atoms with Crippen LogP contribution in [0.15, 0.2) is 29.3 Å². The van der Waals surface area contributed by atoms with Crippen LogP contribution in [0.25, 0.3) is 0 Å². The number of likely N-dealkylation sites (tertiary alicyclic amines) is 1. The van der Waals surface area contributed by atoms with E-state index in [9.17, 15) is 0 Å². The van der Waals surface area contributed by atoms with E-state index in [1.807, 2.05) is 38.2 Å². The molecule has 0 aromatic heterocycles. The molecular formula is C19H29ClN4O. The molecule has 2 fully saturated rings. The molecule has 1 aromatic rings. The number of guanidine groups is 1. The van der Waals surface area contributed by atoms with Crippen molar-refractivity contribution in [1.29, 1.82) is 0 Å². The number of ether oxygens (including phenoxy) is 1. The molecule has 5 nitrogen and oxygen atoms in total. The molecule has 2 aliphatic rings. The van der Waals surface area contributed by atoms with E-state index >= 15 is 0 Å². The van der Waals surface area contributed by atoms with Gasteiger partial charge >= 0.3 is 0 Å². The van der Waals surface area contributed by atoms with E-state index in [4.69, 9.17) is 16.3 Å². The first kappa shape index (κ1) is 18.3. The van der Waals surface area contributed by atoms with Crippen LogP contribution in [0.1, 0.15) is 32.6 Å². The van der Waals surface area contributed by atoms with Gasteiger partial charge in [0, 0.05) is 37.2 Å². The first-order valence-corrected chi connectivity index (χ1v) is 9.65. The summed E-state index contributed by atoms with van der Waals surface area (Å²) >= 11 is 5.99. The Morgan fingerprint density at radius 1 is 1.32 bits per heavy atom. The zero-order valence-electron chi connectivity index (χ0n) is 15.2. The molecule has 0 amide bonds. The third-order valence-electron chi connectivity index (χ3n) is 4.85. The van der Waals surface area contributed by atoms with Gasteiger partial charge in [-0.1, -0.05) is 17.7 Å². The lowest BCUT2D eigenvalue weighted by molar-refractivity contribution is 0.196. The predicted molar refractivity (Wildman–Crippen MR) is 104 cm³/mol. The lowest BCUT2D eigenvalue weighted by Crippen LogP contribution is -2.50. The van der Waals surface area contributed by atoms with E-state index in [1.54, 1.807) is 0 Å². The zero-order valence-corrected chi connectivity index (χ0v) is 15.9. The summed E-state index contributed by atoms with van der Waals surface area (Å²) in [5.74, 6) is 1.64. The largest absolute Gasteiger partial charge is 0.489 e. The van der Waals surface area contributed by atoms with Gasteiger partial charge in [-0.3, -0.25) is 4.99 Å². The molecule has 1 atom stereocenters. The third kappa shape index (κ3) is 5.79. The van der Waals surface area contributed by atoms with Gasteiger partial charge in [0.15, 0.2) is 5.96 Å². The van der Waals surface area contributed by atoms with E-state index in [0.29, 0.717) is 17.6 Å². The van der Waals surface area contributed by atoms with Gasteiger partial charge in [0.2, 0.25) is 0 Å². The molecular weight excluding hydrogens is 336 g/mol. The normalized spacial score (nSPS) is 21.0. The van der Waals surface area contributed by atoms with Crippen molar-refractivity contribution in [3.63, 3.8) is 0 Å². The van der Waals surface area contributed by atoms with Crippen LogP contribution in [0.5, 0.6) is 5.75 Å². The maximum Gasteiger partial charge on any atom is 0.191 e. The molecule has 138 valence electrons. The summed E-state index contributed by atoms with van der Waals surface area (Å²) in [5.41, 5.74) is 0. The van der Waals surface area contributed by atoms with Gasteiger partial charge in [-0.15, -0.1) is 0 Å². The van der Waals surface area contributed by atoms with E-state index in [-0.39, 0.29) is 6.10 Å². The van der Waals surface area contributed by atoms with E-state index < -0.39 is 0 Å². The molecule has 1 heterocycles. The summed E-state index contributed by atoms with van der Waals surface area (Å²) in [6.45, 7) is 5.13. The Balaban J connectivity index is 1.38. The van der Waals surface area contributed by atoms with Gasteiger partial charge in [-0.25, -0.2) is 0 Å². The fourth-order valence-electron chi connectivity index (χ4n) is 3.29. The van der Waals surface area contributed by atoms with E-state index in [0.717, 1.165) is 17.8 Å². The molecule has 1 unspecified atom stereocenters. The Morgan fingerprint density at radius 2 is 2.08 bits per heavy atom. The highest BCUT2D eigenvalue weighted by atomic mass is 35.5. The molecule has 2 N–H and O–H groups in total. The van der Waals surface area contributed by atoms with Gasteiger partial charge in [0.05, 0.1) is 6.54 Å². The van der Waals surface area contributed by atoms with Gasteiger partial charge in [0.1, 0.15) is 11.9 Å². The van der Waals surface area contributed by atoms with Crippen LogP contribution in [0, 0.1) is 0 Å². The topological polar surface area (TPSA) is 48.9 Å². The zero-order chi connectivity index (χ0) is 17.6. The number of nitrogens with zero attached hydrogens (tertiary/aromatic N) is 2. The number of rotatable bonds is 6. The number of halogens is 1. The molecule has 6 heteroatoms. The van der Waals surface area contributed by atoms with Crippen LogP contribution in [0.2, 0.25) is 5.02 Å². The molecule has 0 spiro atoms. The Morgan fingerprint density at radius 3 is 2.72 bits per heavy atom. The smallest absolute Gasteiger partial charge is 0.191 e. The van der Waals surface area contributed by atoms with Crippen molar-refractivity contribution in [3.05, 3.63) is 29.3 Å². The molecule has 3 rings (SSSR count). The van der Waals surface area contributed by atoms with Crippen molar-refractivity contribution in [2.24, 2.45) is 4.99 Å². The molecule has 0 bridgehead atoms. The van der Waals surface area contributed by atoms with Crippen molar-refractivity contribution in [2.45, 2.75) is 50.8 Å². The number of piperidine rings is 1. The number of hydrogen-bond donors (Lipinski definition) is 2. The minimum atomic E-state index is 0.0220. The lowest BCUT2D eigenvalue weighted by atomic mass is 10.1. The van der Waals surface area contributed by atoms with Crippen molar-refractivity contribution in [1.82, 2.24) is 15.5 Å². The fourth-order valence-corrected chi connectivity index (χ4v) is 3.47. The second kappa shape index (κ2) is 8.77. The van der Waals surface area contributed by atoms with E-state index in [2.05, 4.69) is 20.5 Å². The molecule has 1 aromatic carbocycles. The first-order chi connectivity index (χ1) is 12.1. The monoisotopic (exact) mass is 364 g/mol. The Bertz CT molecular complexity index is 583. The summed E-state index contributed by atoms with van der Waals surface area (Å²) in [5, 5.41) is 7.60. The summed E-state index contributed by atoms with van der Waals surface area (Å²) < 4.78 is 5.89. The highest BCUT2D eigenvalue weighted by molar-refractivity contribution is 6.30. The Hall–Kier alpha value is -1.46. The maximum absolute atomic E-state index is 5.99. The number of benzene rings is 1. The van der Waals surface area contributed by atoms with Crippen LogP contribution < -0.4 is 15.4 Å². The Labute approximate surface area is 155 Å². The first-order valence-electron chi connectivity index (χ1n) is 9.27. The average Bonchev–Trinajstić information content (AvgIpc) is 3.44.